The minimum atomic E-state index is -4.42. The van der Waals surface area contributed by atoms with Crippen LogP contribution in [0.1, 0.15) is 226 Å². The Bertz CT molecular complexity index is 1100. The number of hydrogen-bond acceptors (Lipinski definition) is 9. The van der Waals surface area contributed by atoms with E-state index in [1.807, 2.05) is 18.2 Å². The molecular weight excluding hydrogens is 778 g/mol. The SMILES string of the molecule is CCCCCCCC/C=C/C/C=C/C=C/C(O)CCCC(=O)OC[C@H](COP(=O)(O)OCCN)OC(=O)CCCCCCCCCCCCCCCCCCCCCCC. The molecule has 3 atom stereocenters. The summed E-state index contributed by atoms with van der Waals surface area (Å²) in [5, 5.41) is 10.3. The normalized spacial score (nSPS) is 14.0. The van der Waals surface area contributed by atoms with Gasteiger partial charge in [0.25, 0.3) is 0 Å². The van der Waals surface area contributed by atoms with Crippen LogP contribution in [-0.4, -0.2) is 60.5 Å². The molecule has 0 aliphatic carbocycles. The van der Waals surface area contributed by atoms with E-state index in [-0.39, 0.29) is 32.6 Å². The van der Waals surface area contributed by atoms with Gasteiger partial charge in [0, 0.05) is 19.4 Å². The first kappa shape index (κ1) is 58.2. The summed E-state index contributed by atoms with van der Waals surface area (Å²) in [7, 11) is -4.42. The molecule has 0 aromatic rings. The number of ether oxygens (including phenoxy) is 2. The van der Waals surface area contributed by atoms with Crippen LogP contribution in [0, 0.1) is 0 Å². The summed E-state index contributed by atoms with van der Waals surface area (Å²) in [5.41, 5.74) is 5.35. The average molecular weight is 870 g/mol. The molecule has 0 saturated carbocycles. The zero-order valence-corrected chi connectivity index (χ0v) is 39.5. The standard InChI is InChI=1S/C49H92NO9P/c1-3-5-7-9-11-13-15-17-18-19-20-21-22-23-24-26-28-30-32-34-36-40-49(53)59-47(45-58-60(54,55)57-43-42-50)44-56-48(52)41-37-39-46(51)38-35-33-31-29-27-25-16-14-12-10-8-6-4-2/h25,27,31,33,35,38,46-47,51H,3-24,26,28-30,32,34,36-37,39-45,50H2,1-2H3,(H,54,55)/b27-25+,33-31+,38-35+/t46?,47-/m1/s1. The second-order valence-electron chi connectivity index (χ2n) is 16.5. The minimum Gasteiger partial charge on any atom is -0.462 e. The Hall–Kier alpha value is -1.81. The van der Waals surface area contributed by atoms with Crippen molar-refractivity contribution >= 4 is 19.8 Å². The van der Waals surface area contributed by atoms with E-state index >= 15 is 0 Å². The third kappa shape index (κ3) is 44.3. The maximum atomic E-state index is 12.6. The Morgan fingerprint density at radius 2 is 1.07 bits per heavy atom. The predicted molar refractivity (Wildman–Crippen MR) is 249 cm³/mol. The molecule has 0 fully saturated rings. The van der Waals surface area contributed by atoms with Crippen LogP contribution in [0.2, 0.25) is 0 Å². The summed E-state index contributed by atoms with van der Waals surface area (Å²) < 4.78 is 32.7. The fourth-order valence-electron chi connectivity index (χ4n) is 6.94. The van der Waals surface area contributed by atoms with Gasteiger partial charge in [0.05, 0.1) is 19.3 Å². The first-order valence-electron chi connectivity index (χ1n) is 24.6. The van der Waals surface area contributed by atoms with E-state index in [1.54, 1.807) is 6.08 Å². The highest BCUT2D eigenvalue weighted by Crippen LogP contribution is 2.43. The summed E-state index contributed by atoms with van der Waals surface area (Å²) in [6.07, 6.45) is 47.9. The van der Waals surface area contributed by atoms with Crippen LogP contribution in [0.5, 0.6) is 0 Å². The van der Waals surface area contributed by atoms with Gasteiger partial charge in [0.1, 0.15) is 6.61 Å². The van der Waals surface area contributed by atoms with Crippen LogP contribution in [0.4, 0.5) is 0 Å². The molecule has 0 heterocycles. The number of nitrogens with two attached hydrogens (primary N) is 1. The Kier molecular flexibility index (Phi) is 43.9. The van der Waals surface area contributed by atoms with Gasteiger partial charge in [-0.15, -0.1) is 0 Å². The van der Waals surface area contributed by atoms with Gasteiger partial charge in [-0.05, 0) is 38.5 Å². The summed E-state index contributed by atoms with van der Waals surface area (Å²) in [4.78, 5) is 35.0. The predicted octanol–water partition coefficient (Wildman–Crippen LogP) is 13.5. The van der Waals surface area contributed by atoms with E-state index in [0.29, 0.717) is 19.3 Å². The fourth-order valence-corrected chi connectivity index (χ4v) is 7.70. The lowest BCUT2D eigenvalue weighted by Crippen LogP contribution is -2.29. The van der Waals surface area contributed by atoms with Crippen LogP contribution in [0.15, 0.2) is 36.5 Å². The van der Waals surface area contributed by atoms with E-state index in [2.05, 4.69) is 26.0 Å². The number of esters is 2. The molecule has 2 unspecified atom stereocenters. The van der Waals surface area contributed by atoms with Crippen molar-refractivity contribution in [3.05, 3.63) is 36.5 Å². The maximum absolute atomic E-state index is 12.6. The fraction of sp³-hybridized carbons (Fsp3) is 0.837. The monoisotopic (exact) mass is 870 g/mol. The van der Waals surface area contributed by atoms with E-state index in [1.165, 1.54) is 148 Å². The molecule has 352 valence electrons. The topological polar surface area (TPSA) is 155 Å². The number of aliphatic hydroxyl groups excluding tert-OH is 1. The number of unbranched alkanes of at least 4 members (excludes halogenated alkanes) is 26. The number of aliphatic hydroxyl groups is 1. The second kappa shape index (κ2) is 45.2. The number of phosphoric acid groups is 1. The Balaban J connectivity index is 4.20. The molecule has 10 nitrogen and oxygen atoms in total. The molecule has 11 heteroatoms. The van der Waals surface area contributed by atoms with Gasteiger partial charge >= 0.3 is 19.8 Å². The second-order valence-corrected chi connectivity index (χ2v) is 18.0. The lowest BCUT2D eigenvalue weighted by molar-refractivity contribution is -0.161. The Morgan fingerprint density at radius 3 is 1.58 bits per heavy atom. The summed E-state index contributed by atoms with van der Waals surface area (Å²) in [6, 6.07) is 0. The van der Waals surface area contributed by atoms with Crippen LogP contribution >= 0.6 is 7.82 Å². The van der Waals surface area contributed by atoms with Gasteiger partial charge in [-0.3, -0.25) is 18.6 Å². The quantitative estimate of drug-likeness (QED) is 0.0177. The van der Waals surface area contributed by atoms with Crippen molar-refractivity contribution in [3.63, 3.8) is 0 Å². The smallest absolute Gasteiger partial charge is 0.462 e. The van der Waals surface area contributed by atoms with E-state index in [9.17, 15) is 24.2 Å². The molecule has 0 rings (SSSR count). The average Bonchev–Trinajstić information content (AvgIpc) is 3.23. The van der Waals surface area contributed by atoms with Crippen LogP contribution in [-0.2, 0) is 32.7 Å². The van der Waals surface area contributed by atoms with Crippen LogP contribution in [0.3, 0.4) is 0 Å². The Morgan fingerprint density at radius 1 is 0.583 bits per heavy atom. The van der Waals surface area contributed by atoms with Crippen molar-refractivity contribution in [1.29, 1.82) is 0 Å². The number of carbonyl (C=O) groups excluding carboxylic acids is 2. The van der Waals surface area contributed by atoms with Crippen molar-refractivity contribution in [3.8, 4) is 0 Å². The summed E-state index contributed by atoms with van der Waals surface area (Å²) >= 11 is 0. The molecule has 0 aliphatic rings. The number of phosphoric ester groups is 1. The van der Waals surface area contributed by atoms with Gasteiger partial charge in [-0.25, -0.2) is 4.57 Å². The van der Waals surface area contributed by atoms with Gasteiger partial charge in [-0.2, -0.15) is 0 Å². The van der Waals surface area contributed by atoms with E-state index in [4.69, 9.17) is 24.3 Å². The Labute approximate surface area is 367 Å². The van der Waals surface area contributed by atoms with Crippen molar-refractivity contribution in [1.82, 2.24) is 0 Å². The highest BCUT2D eigenvalue weighted by atomic mass is 31.2. The molecule has 0 bridgehead atoms. The van der Waals surface area contributed by atoms with Gasteiger partial charge in [0.2, 0.25) is 0 Å². The van der Waals surface area contributed by atoms with Crippen molar-refractivity contribution in [2.75, 3.05) is 26.4 Å². The zero-order valence-electron chi connectivity index (χ0n) is 38.6. The molecular formula is C49H92NO9P. The highest BCUT2D eigenvalue weighted by molar-refractivity contribution is 7.47. The molecule has 0 saturated heterocycles. The molecule has 0 radical (unpaired) electrons. The van der Waals surface area contributed by atoms with Gasteiger partial charge in [-0.1, -0.05) is 211 Å². The number of hydrogen-bond donors (Lipinski definition) is 3. The van der Waals surface area contributed by atoms with E-state index < -0.39 is 38.6 Å². The first-order chi connectivity index (χ1) is 29.2. The van der Waals surface area contributed by atoms with E-state index in [0.717, 1.165) is 32.1 Å². The third-order valence-corrected chi connectivity index (χ3v) is 11.6. The summed E-state index contributed by atoms with van der Waals surface area (Å²) in [6.45, 7) is 3.54. The molecule has 0 spiro atoms. The first-order valence-corrected chi connectivity index (χ1v) is 26.1. The highest BCUT2D eigenvalue weighted by Gasteiger charge is 2.26. The number of allylic oxidation sites excluding steroid dienone is 5. The number of rotatable bonds is 46. The summed E-state index contributed by atoms with van der Waals surface area (Å²) in [5.74, 6) is -1.02. The minimum absolute atomic E-state index is 0.0294. The third-order valence-electron chi connectivity index (χ3n) is 10.6. The van der Waals surface area contributed by atoms with Gasteiger partial charge in [0.15, 0.2) is 6.10 Å². The van der Waals surface area contributed by atoms with Crippen molar-refractivity contribution in [2.24, 2.45) is 5.73 Å². The molecule has 0 aromatic heterocycles. The molecule has 60 heavy (non-hydrogen) atoms. The molecule has 0 aromatic carbocycles. The van der Waals surface area contributed by atoms with Crippen molar-refractivity contribution < 1.29 is 42.7 Å². The lowest BCUT2D eigenvalue weighted by Gasteiger charge is -2.20. The van der Waals surface area contributed by atoms with Gasteiger partial charge < -0.3 is 25.2 Å². The molecule has 0 aliphatic heterocycles. The van der Waals surface area contributed by atoms with Crippen LogP contribution in [0.25, 0.3) is 0 Å². The maximum Gasteiger partial charge on any atom is 0.472 e. The zero-order chi connectivity index (χ0) is 44.0. The van der Waals surface area contributed by atoms with Crippen molar-refractivity contribution in [2.45, 2.75) is 238 Å². The largest absolute Gasteiger partial charge is 0.472 e. The lowest BCUT2D eigenvalue weighted by atomic mass is 10.0. The number of carbonyl (C=O) groups is 2. The molecule has 4 N–H and O–H groups in total. The van der Waals surface area contributed by atoms with Crippen LogP contribution < -0.4 is 5.73 Å². The molecule has 0 amide bonds.